The lowest BCUT2D eigenvalue weighted by Crippen LogP contribution is -2.62. The molecule has 0 aromatic rings. The van der Waals surface area contributed by atoms with E-state index in [-0.39, 0.29) is 17.2 Å². The molecule has 3 saturated carbocycles. The predicted octanol–water partition coefficient (Wildman–Crippen LogP) is 2.08. The summed E-state index contributed by atoms with van der Waals surface area (Å²) in [7, 11) is 0. The summed E-state index contributed by atoms with van der Waals surface area (Å²) in [6.07, 6.45) is 12.2. The van der Waals surface area contributed by atoms with Gasteiger partial charge in [0.1, 0.15) is 0 Å². The van der Waals surface area contributed by atoms with Crippen LogP contribution in [0, 0.1) is 17.8 Å². The molecule has 0 aromatic carbocycles. The van der Waals surface area contributed by atoms with E-state index in [4.69, 9.17) is 11.5 Å². The third-order valence-electron chi connectivity index (χ3n) is 7.09. The standard InChI is InChI=1S/C17H28N2O/c18-16-7-1-2-14(16)13-4-3-11-10-12(20)5-9-17(11,19)15(13)6-8-16/h3,12-15,20H,1-2,4-10,18-19H2. The number of aliphatic hydroxyl groups is 1. The molecule has 0 bridgehead atoms. The van der Waals surface area contributed by atoms with Crippen LogP contribution in [0.2, 0.25) is 0 Å². The molecular formula is C17H28N2O. The molecule has 20 heavy (non-hydrogen) atoms. The third kappa shape index (κ3) is 1.69. The molecule has 0 aromatic heterocycles. The van der Waals surface area contributed by atoms with Gasteiger partial charge in [-0.3, -0.25) is 0 Å². The molecule has 3 heteroatoms. The van der Waals surface area contributed by atoms with E-state index in [1.54, 1.807) is 0 Å². The predicted molar refractivity (Wildman–Crippen MR) is 79.9 cm³/mol. The van der Waals surface area contributed by atoms with Gasteiger partial charge in [-0.05, 0) is 69.1 Å². The van der Waals surface area contributed by atoms with Crippen molar-refractivity contribution in [2.24, 2.45) is 29.2 Å². The SMILES string of the molecule is NC12CCCC1C1CC=C3CC(O)CCC3(N)C1CC2. The summed E-state index contributed by atoms with van der Waals surface area (Å²) in [5.74, 6) is 1.99. The fraction of sp³-hybridized carbons (Fsp3) is 0.882. The Morgan fingerprint density at radius 2 is 1.90 bits per heavy atom. The summed E-state index contributed by atoms with van der Waals surface area (Å²) in [4.78, 5) is 0. The monoisotopic (exact) mass is 276 g/mol. The number of hydrogen-bond acceptors (Lipinski definition) is 3. The van der Waals surface area contributed by atoms with Crippen LogP contribution in [0.15, 0.2) is 11.6 Å². The van der Waals surface area contributed by atoms with Crippen molar-refractivity contribution in [1.82, 2.24) is 0 Å². The fourth-order valence-corrected chi connectivity index (χ4v) is 6.05. The van der Waals surface area contributed by atoms with Crippen LogP contribution in [0.5, 0.6) is 0 Å². The van der Waals surface area contributed by atoms with Crippen molar-refractivity contribution in [1.29, 1.82) is 0 Å². The molecule has 3 fully saturated rings. The van der Waals surface area contributed by atoms with Gasteiger partial charge in [-0.15, -0.1) is 0 Å². The average molecular weight is 276 g/mol. The number of allylic oxidation sites excluding steroid dienone is 1. The first-order valence-corrected chi connectivity index (χ1v) is 8.48. The second kappa shape index (κ2) is 4.31. The Bertz CT molecular complexity index is 448. The van der Waals surface area contributed by atoms with Gasteiger partial charge in [-0.2, -0.15) is 0 Å². The van der Waals surface area contributed by atoms with Crippen LogP contribution in [-0.4, -0.2) is 22.3 Å². The number of nitrogens with two attached hydrogens (primary N) is 2. The van der Waals surface area contributed by atoms with Crippen molar-refractivity contribution in [3.8, 4) is 0 Å². The van der Waals surface area contributed by atoms with Gasteiger partial charge >= 0.3 is 0 Å². The molecule has 0 radical (unpaired) electrons. The van der Waals surface area contributed by atoms with Crippen LogP contribution in [0.25, 0.3) is 0 Å². The van der Waals surface area contributed by atoms with Crippen molar-refractivity contribution in [2.75, 3.05) is 0 Å². The second-order valence-corrected chi connectivity index (χ2v) is 7.94. The quantitative estimate of drug-likeness (QED) is 0.593. The highest BCUT2D eigenvalue weighted by Crippen LogP contribution is 2.57. The normalized spacial score (nSPS) is 54.6. The van der Waals surface area contributed by atoms with E-state index in [0.29, 0.717) is 17.8 Å². The first kappa shape index (κ1) is 13.3. The summed E-state index contributed by atoms with van der Waals surface area (Å²) in [5, 5.41) is 9.93. The molecule has 0 heterocycles. The van der Waals surface area contributed by atoms with Gasteiger partial charge in [0.25, 0.3) is 0 Å². The van der Waals surface area contributed by atoms with Crippen LogP contribution in [0.1, 0.15) is 57.8 Å². The number of fused-ring (bicyclic) bond motifs is 5. The lowest BCUT2D eigenvalue weighted by Gasteiger charge is -2.56. The van der Waals surface area contributed by atoms with E-state index in [9.17, 15) is 5.11 Å². The second-order valence-electron chi connectivity index (χ2n) is 7.94. The topological polar surface area (TPSA) is 72.3 Å². The Balaban J connectivity index is 1.68. The van der Waals surface area contributed by atoms with Gasteiger partial charge in [-0.25, -0.2) is 0 Å². The fourth-order valence-electron chi connectivity index (χ4n) is 6.05. The molecule has 0 spiro atoms. The van der Waals surface area contributed by atoms with Crippen LogP contribution >= 0.6 is 0 Å². The third-order valence-corrected chi connectivity index (χ3v) is 7.09. The maximum Gasteiger partial charge on any atom is 0.0578 e. The molecule has 112 valence electrons. The zero-order chi connectivity index (χ0) is 14.0. The molecular weight excluding hydrogens is 248 g/mol. The molecule has 6 atom stereocenters. The van der Waals surface area contributed by atoms with E-state index in [0.717, 1.165) is 32.1 Å². The summed E-state index contributed by atoms with van der Waals surface area (Å²) in [6.45, 7) is 0. The smallest absolute Gasteiger partial charge is 0.0578 e. The highest BCUT2D eigenvalue weighted by atomic mass is 16.3. The largest absolute Gasteiger partial charge is 0.393 e. The molecule has 0 saturated heterocycles. The highest BCUT2D eigenvalue weighted by molar-refractivity contribution is 5.30. The summed E-state index contributed by atoms with van der Waals surface area (Å²) < 4.78 is 0. The molecule has 6 unspecified atom stereocenters. The zero-order valence-electron chi connectivity index (χ0n) is 12.4. The van der Waals surface area contributed by atoms with Crippen molar-refractivity contribution in [2.45, 2.75) is 75.0 Å². The van der Waals surface area contributed by atoms with E-state index >= 15 is 0 Å². The highest BCUT2D eigenvalue weighted by Gasteiger charge is 2.56. The van der Waals surface area contributed by atoms with Gasteiger partial charge < -0.3 is 16.6 Å². The first-order chi connectivity index (χ1) is 9.53. The van der Waals surface area contributed by atoms with Gasteiger partial charge in [0, 0.05) is 11.1 Å². The zero-order valence-corrected chi connectivity index (χ0v) is 12.4. The molecule has 0 aliphatic heterocycles. The summed E-state index contributed by atoms with van der Waals surface area (Å²) in [6, 6.07) is 0. The van der Waals surface area contributed by atoms with Crippen molar-refractivity contribution in [3.63, 3.8) is 0 Å². The Kier molecular flexibility index (Phi) is 2.87. The van der Waals surface area contributed by atoms with Gasteiger partial charge in [-0.1, -0.05) is 18.1 Å². The lowest BCUT2D eigenvalue weighted by molar-refractivity contribution is 0.0174. The Labute approximate surface area is 121 Å². The van der Waals surface area contributed by atoms with Crippen molar-refractivity contribution in [3.05, 3.63) is 11.6 Å². The maximum atomic E-state index is 9.93. The maximum absolute atomic E-state index is 9.93. The van der Waals surface area contributed by atoms with E-state index in [1.807, 2.05) is 0 Å². The minimum atomic E-state index is -0.168. The number of rotatable bonds is 0. The molecule has 4 rings (SSSR count). The summed E-state index contributed by atoms with van der Waals surface area (Å²) in [5.41, 5.74) is 14.9. The first-order valence-electron chi connectivity index (χ1n) is 8.48. The van der Waals surface area contributed by atoms with Gasteiger partial charge in [0.2, 0.25) is 0 Å². The Hall–Kier alpha value is -0.380. The molecule has 3 nitrogen and oxygen atoms in total. The minimum absolute atomic E-state index is 0.108. The number of aliphatic hydroxyl groups excluding tert-OH is 1. The molecule has 0 amide bonds. The van der Waals surface area contributed by atoms with Gasteiger partial charge in [0.15, 0.2) is 0 Å². The van der Waals surface area contributed by atoms with Crippen LogP contribution in [0.3, 0.4) is 0 Å². The summed E-state index contributed by atoms with van der Waals surface area (Å²) >= 11 is 0. The van der Waals surface area contributed by atoms with Crippen LogP contribution in [0.4, 0.5) is 0 Å². The van der Waals surface area contributed by atoms with Crippen molar-refractivity contribution >= 4 is 0 Å². The average Bonchev–Trinajstić information content (AvgIpc) is 2.81. The lowest BCUT2D eigenvalue weighted by atomic mass is 9.52. The molecule has 4 aliphatic carbocycles. The van der Waals surface area contributed by atoms with Crippen LogP contribution in [-0.2, 0) is 0 Å². The minimum Gasteiger partial charge on any atom is -0.393 e. The van der Waals surface area contributed by atoms with Crippen molar-refractivity contribution < 1.29 is 5.11 Å². The van der Waals surface area contributed by atoms with Gasteiger partial charge in [0.05, 0.1) is 6.10 Å². The Morgan fingerprint density at radius 3 is 2.75 bits per heavy atom. The van der Waals surface area contributed by atoms with E-state index in [1.165, 1.54) is 31.3 Å². The Morgan fingerprint density at radius 1 is 1.05 bits per heavy atom. The molecule has 4 aliphatic rings. The van der Waals surface area contributed by atoms with E-state index in [2.05, 4.69) is 6.08 Å². The van der Waals surface area contributed by atoms with E-state index < -0.39 is 0 Å². The number of hydrogen-bond donors (Lipinski definition) is 3. The van der Waals surface area contributed by atoms with Crippen LogP contribution < -0.4 is 11.5 Å². The molecule has 5 N–H and O–H groups in total.